The first kappa shape index (κ1) is 10.3. The number of hydrogen-bond acceptors (Lipinski definition) is 6. The Labute approximate surface area is 93.2 Å². The molecular weight excluding hydrogens is 204 g/mol. The Hall–Kier alpha value is -2.24. The molecule has 2 N–H and O–H groups in total. The van der Waals surface area contributed by atoms with Gasteiger partial charge in [-0.25, -0.2) is 15.0 Å². The Balaban J connectivity index is 1.99. The number of nitrogens with zero attached hydrogens (tertiary/aromatic N) is 4. The third-order valence-corrected chi connectivity index (χ3v) is 1.97. The molecule has 6 heteroatoms. The zero-order chi connectivity index (χ0) is 11.2. The van der Waals surface area contributed by atoms with Gasteiger partial charge in [0.25, 0.3) is 0 Å². The van der Waals surface area contributed by atoms with Crippen LogP contribution in [0.2, 0.25) is 0 Å². The smallest absolute Gasteiger partial charge is 0.224 e. The summed E-state index contributed by atoms with van der Waals surface area (Å²) in [5.41, 5.74) is 0.916. The quantitative estimate of drug-likeness (QED) is 0.791. The van der Waals surface area contributed by atoms with Gasteiger partial charge in [-0.15, -0.1) is 0 Å². The first-order valence-corrected chi connectivity index (χ1v) is 4.88. The fourth-order valence-corrected chi connectivity index (χ4v) is 1.18. The summed E-state index contributed by atoms with van der Waals surface area (Å²) in [6.45, 7) is 0.614. The lowest BCUT2D eigenvalue weighted by Gasteiger charge is -2.05. The zero-order valence-electron chi connectivity index (χ0n) is 8.88. The molecule has 82 valence electrons. The fourth-order valence-electron chi connectivity index (χ4n) is 1.18. The van der Waals surface area contributed by atoms with Crippen molar-refractivity contribution in [1.29, 1.82) is 0 Å². The fraction of sp³-hybridized carbons (Fsp3) is 0.200. The Morgan fingerprint density at radius 2 is 2.12 bits per heavy atom. The molecule has 0 fully saturated rings. The van der Waals surface area contributed by atoms with Crippen LogP contribution >= 0.6 is 0 Å². The van der Waals surface area contributed by atoms with Gasteiger partial charge >= 0.3 is 0 Å². The molecule has 2 aromatic rings. The van der Waals surface area contributed by atoms with Crippen LogP contribution in [0.4, 0.5) is 11.8 Å². The topological polar surface area (TPSA) is 75.6 Å². The van der Waals surface area contributed by atoms with Crippen molar-refractivity contribution in [3.8, 4) is 0 Å². The molecular formula is C10H12N6. The summed E-state index contributed by atoms with van der Waals surface area (Å²) in [7, 11) is 1.78. The van der Waals surface area contributed by atoms with Crippen molar-refractivity contribution in [3.05, 3.63) is 36.5 Å². The van der Waals surface area contributed by atoms with Gasteiger partial charge in [0.2, 0.25) is 5.95 Å². The van der Waals surface area contributed by atoms with Crippen molar-refractivity contribution in [2.24, 2.45) is 0 Å². The largest absolute Gasteiger partial charge is 0.364 e. The summed E-state index contributed by atoms with van der Waals surface area (Å²) >= 11 is 0. The highest BCUT2D eigenvalue weighted by Gasteiger charge is 1.97. The highest BCUT2D eigenvalue weighted by atomic mass is 15.1. The molecule has 2 aromatic heterocycles. The van der Waals surface area contributed by atoms with Crippen LogP contribution < -0.4 is 10.6 Å². The van der Waals surface area contributed by atoms with Crippen molar-refractivity contribution in [2.75, 3.05) is 17.7 Å². The van der Waals surface area contributed by atoms with Crippen molar-refractivity contribution in [3.63, 3.8) is 0 Å². The van der Waals surface area contributed by atoms with Gasteiger partial charge in [0.05, 0.1) is 12.2 Å². The van der Waals surface area contributed by atoms with Crippen LogP contribution in [0.25, 0.3) is 0 Å². The van der Waals surface area contributed by atoms with Crippen LogP contribution in [0.15, 0.2) is 30.9 Å². The van der Waals surface area contributed by atoms with E-state index in [4.69, 9.17) is 0 Å². The van der Waals surface area contributed by atoms with Crippen molar-refractivity contribution < 1.29 is 0 Å². The van der Waals surface area contributed by atoms with E-state index in [1.807, 2.05) is 12.1 Å². The van der Waals surface area contributed by atoms with Gasteiger partial charge in [-0.3, -0.25) is 0 Å². The van der Waals surface area contributed by atoms with Crippen molar-refractivity contribution in [2.45, 2.75) is 6.54 Å². The standard InChI is InChI=1S/C10H12N6/c1-11-10-13-5-3-9(16-10)14-6-8-2-4-12-7-15-8/h2-5,7H,6H2,1H3,(H2,11,13,14,16). The van der Waals surface area contributed by atoms with Crippen LogP contribution in [0.5, 0.6) is 0 Å². The molecule has 0 saturated heterocycles. The molecule has 0 aromatic carbocycles. The van der Waals surface area contributed by atoms with Gasteiger partial charge in [-0.2, -0.15) is 4.98 Å². The summed E-state index contributed by atoms with van der Waals surface area (Å²) in [4.78, 5) is 16.2. The first-order valence-electron chi connectivity index (χ1n) is 4.88. The summed E-state index contributed by atoms with van der Waals surface area (Å²) in [5.74, 6) is 1.35. The molecule has 2 heterocycles. The lowest BCUT2D eigenvalue weighted by molar-refractivity contribution is 0.991. The predicted octanol–water partition coefficient (Wildman–Crippen LogP) is 0.920. The van der Waals surface area contributed by atoms with E-state index >= 15 is 0 Å². The highest BCUT2D eigenvalue weighted by molar-refractivity contribution is 5.39. The molecule has 0 amide bonds. The Morgan fingerprint density at radius 3 is 2.88 bits per heavy atom. The van der Waals surface area contributed by atoms with Crippen molar-refractivity contribution in [1.82, 2.24) is 19.9 Å². The van der Waals surface area contributed by atoms with E-state index in [1.165, 1.54) is 6.33 Å². The van der Waals surface area contributed by atoms with Crippen LogP contribution in [0, 0.1) is 0 Å². The van der Waals surface area contributed by atoms with E-state index in [0.717, 1.165) is 11.5 Å². The zero-order valence-corrected chi connectivity index (χ0v) is 8.88. The van der Waals surface area contributed by atoms with E-state index in [2.05, 4.69) is 30.6 Å². The number of hydrogen-bond donors (Lipinski definition) is 2. The van der Waals surface area contributed by atoms with Crippen molar-refractivity contribution >= 4 is 11.8 Å². The van der Waals surface area contributed by atoms with E-state index in [1.54, 1.807) is 19.4 Å². The maximum absolute atomic E-state index is 4.23. The number of aromatic nitrogens is 4. The number of rotatable bonds is 4. The van der Waals surface area contributed by atoms with Gasteiger partial charge in [0.1, 0.15) is 12.1 Å². The van der Waals surface area contributed by atoms with Crippen LogP contribution in [-0.4, -0.2) is 27.0 Å². The average molecular weight is 216 g/mol. The molecule has 6 nitrogen and oxygen atoms in total. The molecule has 0 aliphatic carbocycles. The Kier molecular flexibility index (Phi) is 3.22. The average Bonchev–Trinajstić information content (AvgIpc) is 2.38. The van der Waals surface area contributed by atoms with E-state index < -0.39 is 0 Å². The van der Waals surface area contributed by atoms with Crippen LogP contribution in [0.3, 0.4) is 0 Å². The second-order valence-corrected chi connectivity index (χ2v) is 3.07. The monoisotopic (exact) mass is 216 g/mol. The van der Waals surface area contributed by atoms with E-state index in [-0.39, 0.29) is 0 Å². The SMILES string of the molecule is CNc1nccc(NCc2ccncn2)n1. The molecule has 0 spiro atoms. The first-order chi connectivity index (χ1) is 7.88. The summed E-state index contributed by atoms with van der Waals surface area (Å²) in [6.07, 6.45) is 4.93. The van der Waals surface area contributed by atoms with E-state index in [9.17, 15) is 0 Å². The number of anilines is 2. The molecule has 0 aliphatic heterocycles. The number of nitrogens with one attached hydrogen (secondary N) is 2. The second-order valence-electron chi connectivity index (χ2n) is 3.07. The van der Waals surface area contributed by atoms with Gasteiger partial charge < -0.3 is 10.6 Å². The van der Waals surface area contributed by atoms with Gasteiger partial charge in [0, 0.05) is 19.4 Å². The summed E-state index contributed by atoms with van der Waals surface area (Å²) in [6, 6.07) is 3.66. The van der Waals surface area contributed by atoms with Gasteiger partial charge in [-0.1, -0.05) is 0 Å². The Morgan fingerprint density at radius 1 is 1.19 bits per heavy atom. The third kappa shape index (κ3) is 2.63. The van der Waals surface area contributed by atoms with Gasteiger partial charge in [0.15, 0.2) is 0 Å². The lowest BCUT2D eigenvalue weighted by Crippen LogP contribution is -2.05. The maximum atomic E-state index is 4.23. The van der Waals surface area contributed by atoms with Crippen LogP contribution in [0.1, 0.15) is 5.69 Å². The predicted molar refractivity (Wildman–Crippen MR) is 60.9 cm³/mol. The molecule has 0 unspecified atom stereocenters. The molecule has 0 atom stereocenters. The molecule has 16 heavy (non-hydrogen) atoms. The minimum Gasteiger partial charge on any atom is -0.364 e. The van der Waals surface area contributed by atoms with Gasteiger partial charge in [-0.05, 0) is 12.1 Å². The Bertz CT molecular complexity index is 444. The van der Waals surface area contributed by atoms with E-state index in [0.29, 0.717) is 12.5 Å². The molecule has 0 radical (unpaired) electrons. The summed E-state index contributed by atoms with van der Waals surface area (Å²) < 4.78 is 0. The molecule has 0 aliphatic rings. The molecule has 2 rings (SSSR count). The minimum absolute atomic E-state index is 0.590. The normalized spacial score (nSPS) is 9.81. The highest BCUT2D eigenvalue weighted by Crippen LogP contribution is 2.06. The second kappa shape index (κ2) is 5.01. The molecule has 0 bridgehead atoms. The minimum atomic E-state index is 0.590. The summed E-state index contributed by atoms with van der Waals surface area (Å²) in [5, 5.41) is 6.03. The lowest BCUT2D eigenvalue weighted by atomic mass is 10.4. The van der Waals surface area contributed by atoms with Crippen LogP contribution in [-0.2, 0) is 6.54 Å². The maximum Gasteiger partial charge on any atom is 0.224 e. The third-order valence-electron chi connectivity index (χ3n) is 1.97. The molecule has 0 saturated carbocycles.